The third-order valence-electron chi connectivity index (χ3n) is 3.03. The lowest BCUT2D eigenvalue weighted by Gasteiger charge is -2.19. The van der Waals surface area contributed by atoms with Gasteiger partial charge in [-0.2, -0.15) is 4.31 Å². The van der Waals surface area contributed by atoms with Gasteiger partial charge in [0, 0.05) is 18.1 Å². The molecule has 0 radical (unpaired) electrons. The van der Waals surface area contributed by atoms with Gasteiger partial charge in [-0.25, -0.2) is 8.42 Å². The Bertz CT molecular complexity index is 724. The van der Waals surface area contributed by atoms with Gasteiger partial charge in [0.15, 0.2) is 0 Å². The molecule has 7 heteroatoms. The molecule has 2 aromatic rings. The van der Waals surface area contributed by atoms with Gasteiger partial charge < -0.3 is 0 Å². The molecule has 0 aliphatic heterocycles. The lowest BCUT2D eigenvalue weighted by atomic mass is 10.2. The van der Waals surface area contributed by atoms with Crippen LogP contribution in [0.25, 0.3) is 0 Å². The number of rotatable bonds is 5. The Morgan fingerprint density at radius 3 is 2.57 bits per heavy atom. The van der Waals surface area contributed by atoms with Gasteiger partial charge in [-0.3, -0.25) is 0 Å². The first-order valence-corrected chi connectivity index (χ1v) is 9.78. The van der Waals surface area contributed by atoms with E-state index in [0.717, 1.165) is 14.9 Å². The van der Waals surface area contributed by atoms with Crippen LogP contribution in [0.5, 0.6) is 0 Å². The van der Waals surface area contributed by atoms with E-state index in [9.17, 15) is 8.42 Å². The summed E-state index contributed by atoms with van der Waals surface area (Å²) in [5.41, 5.74) is 1.80. The number of hydrogen-bond donors (Lipinski definition) is 0. The first kappa shape index (κ1) is 17.0. The average Bonchev–Trinajstić information content (AvgIpc) is 2.76. The van der Waals surface area contributed by atoms with Crippen LogP contribution < -0.4 is 0 Å². The van der Waals surface area contributed by atoms with Crippen LogP contribution in [0.4, 0.5) is 0 Å². The molecule has 0 aliphatic carbocycles. The maximum atomic E-state index is 12.7. The Hall–Kier alpha value is -0.400. The van der Waals surface area contributed by atoms with Gasteiger partial charge in [-0.15, -0.1) is 11.3 Å². The molecule has 1 heterocycles. The fourth-order valence-corrected chi connectivity index (χ4v) is 5.92. The predicted molar refractivity (Wildman–Crippen MR) is 91.5 cm³/mol. The van der Waals surface area contributed by atoms with Crippen molar-refractivity contribution < 1.29 is 8.42 Å². The zero-order chi connectivity index (χ0) is 15.6. The van der Waals surface area contributed by atoms with Crippen LogP contribution in [0.2, 0.25) is 5.02 Å². The van der Waals surface area contributed by atoms with E-state index in [1.165, 1.54) is 15.6 Å². The molecular weight excluding hydrogens is 394 g/mol. The predicted octanol–water partition coefficient (Wildman–Crippen LogP) is 4.68. The molecule has 0 aliphatic rings. The number of halogens is 2. The summed E-state index contributed by atoms with van der Waals surface area (Å²) in [5.74, 6) is 0. The monoisotopic (exact) mass is 407 g/mol. The van der Waals surface area contributed by atoms with Gasteiger partial charge >= 0.3 is 0 Å². The molecule has 0 atom stereocenters. The highest BCUT2D eigenvalue weighted by Crippen LogP contribution is 2.32. The first-order chi connectivity index (χ1) is 9.84. The molecule has 1 aromatic heterocycles. The fourth-order valence-electron chi connectivity index (χ4n) is 1.89. The van der Waals surface area contributed by atoms with Gasteiger partial charge in [0.1, 0.15) is 4.21 Å². The number of thiophene rings is 1. The Morgan fingerprint density at radius 2 is 2.05 bits per heavy atom. The number of benzene rings is 1. The maximum absolute atomic E-state index is 12.7. The van der Waals surface area contributed by atoms with Gasteiger partial charge in [0.2, 0.25) is 0 Å². The average molecular weight is 409 g/mol. The SMILES string of the molecule is CCN(Cc1cccc(Cl)c1)S(=O)(=O)c1cc(C)c(Br)s1. The van der Waals surface area contributed by atoms with Crippen molar-refractivity contribution in [2.24, 2.45) is 0 Å². The highest BCUT2D eigenvalue weighted by molar-refractivity contribution is 9.11. The quantitative estimate of drug-likeness (QED) is 0.720. The maximum Gasteiger partial charge on any atom is 0.252 e. The molecule has 2 rings (SSSR count). The highest BCUT2D eigenvalue weighted by Gasteiger charge is 2.25. The van der Waals surface area contributed by atoms with Gasteiger partial charge in [-0.1, -0.05) is 30.7 Å². The van der Waals surface area contributed by atoms with Crippen molar-refractivity contribution in [1.29, 1.82) is 0 Å². The molecule has 3 nitrogen and oxygen atoms in total. The fraction of sp³-hybridized carbons (Fsp3) is 0.286. The van der Waals surface area contributed by atoms with Crippen molar-refractivity contribution in [2.75, 3.05) is 6.54 Å². The molecule has 21 heavy (non-hydrogen) atoms. The second kappa shape index (κ2) is 6.79. The first-order valence-electron chi connectivity index (χ1n) is 6.35. The minimum absolute atomic E-state index is 0.313. The van der Waals surface area contributed by atoms with E-state index in [2.05, 4.69) is 15.9 Å². The molecule has 0 amide bonds. The summed E-state index contributed by atoms with van der Waals surface area (Å²) in [5, 5.41) is 0.607. The van der Waals surface area contributed by atoms with Crippen LogP contribution in [0.15, 0.2) is 38.3 Å². The normalized spacial score (nSPS) is 12.0. The van der Waals surface area contributed by atoms with Gasteiger partial charge in [-0.05, 0) is 52.2 Å². The number of hydrogen-bond acceptors (Lipinski definition) is 3. The molecule has 1 aromatic carbocycles. The van der Waals surface area contributed by atoms with E-state index in [-0.39, 0.29) is 0 Å². The number of sulfonamides is 1. The topological polar surface area (TPSA) is 37.4 Å². The van der Waals surface area contributed by atoms with Crippen LogP contribution in [-0.2, 0) is 16.6 Å². The van der Waals surface area contributed by atoms with Crippen LogP contribution in [0, 0.1) is 6.92 Å². The van der Waals surface area contributed by atoms with Crippen LogP contribution >= 0.6 is 38.9 Å². The molecule has 0 N–H and O–H groups in total. The van der Waals surface area contributed by atoms with Crippen molar-refractivity contribution in [3.63, 3.8) is 0 Å². The molecule has 0 spiro atoms. The zero-order valence-electron chi connectivity index (χ0n) is 11.6. The van der Waals surface area contributed by atoms with Crippen LogP contribution in [0.3, 0.4) is 0 Å². The molecule has 0 fully saturated rings. The summed E-state index contributed by atoms with van der Waals surface area (Å²) < 4.78 is 28.1. The van der Waals surface area contributed by atoms with E-state index in [4.69, 9.17) is 11.6 Å². The minimum Gasteiger partial charge on any atom is -0.206 e. The zero-order valence-corrected chi connectivity index (χ0v) is 15.6. The molecular formula is C14H15BrClNO2S2. The summed E-state index contributed by atoms with van der Waals surface area (Å²) in [6.45, 7) is 4.43. The lowest BCUT2D eigenvalue weighted by Crippen LogP contribution is -2.29. The molecule has 0 bridgehead atoms. The van der Waals surface area contributed by atoms with Crippen molar-refractivity contribution in [2.45, 2.75) is 24.6 Å². The Kier molecular flexibility index (Phi) is 5.48. The molecule has 0 unspecified atom stereocenters. The van der Waals surface area contributed by atoms with Crippen molar-refractivity contribution in [3.8, 4) is 0 Å². The summed E-state index contributed by atoms with van der Waals surface area (Å²) in [7, 11) is -3.49. The van der Waals surface area contributed by atoms with E-state index in [1.54, 1.807) is 18.2 Å². The summed E-state index contributed by atoms with van der Waals surface area (Å²) >= 11 is 10.6. The smallest absolute Gasteiger partial charge is 0.206 e. The van der Waals surface area contributed by atoms with Crippen molar-refractivity contribution in [1.82, 2.24) is 4.31 Å². The second-order valence-electron chi connectivity index (χ2n) is 4.58. The Balaban J connectivity index is 2.31. The summed E-state index contributed by atoms with van der Waals surface area (Å²) in [6.07, 6.45) is 0. The van der Waals surface area contributed by atoms with Gasteiger partial charge in [0.25, 0.3) is 10.0 Å². The summed E-state index contributed by atoms with van der Waals surface area (Å²) in [6, 6.07) is 8.96. The third kappa shape index (κ3) is 3.87. The van der Waals surface area contributed by atoms with Gasteiger partial charge in [0.05, 0.1) is 3.79 Å². The van der Waals surface area contributed by atoms with E-state index in [0.29, 0.717) is 22.3 Å². The van der Waals surface area contributed by atoms with Crippen LogP contribution in [-0.4, -0.2) is 19.3 Å². The highest BCUT2D eigenvalue weighted by atomic mass is 79.9. The number of nitrogens with zero attached hydrogens (tertiary/aromatic N) is 1. The standard InChI is InChI=1S/C14H15BrClNO2S2/c1-3-17(9-11-5-4-6-12(16)8-11)21(18,19)13-7-10(2)14(15)20-13/h4-8H,3,9H2,1-2H3. The number of aryl methyl sites for hydroxylation is 1. The Morgan fingerprint density at radius 1 is 1.33 bits per heavy atom. The van der Waals surface area contributed by atoms with E-state index in [1.807, 2.05) is 26.0 Å². The van der Waals surface area contributed by atoms with Crippen molar-refractivity contribution >= 4 is 48.9 Å². The van der Waals surface area contributed by atoms with E-state index >= 15 is 0 Å². The Labute approximate surface area is 142 Å². The molecule has 114 valence electrons. The third-order valence-corrected chi connectivity index (χ3v) is 7.77. The largest absolute Gasteiger partial charge is 0.252 e. The lowest BCUT2D eigenvalue weighted by molar-refractivity contribution is 0.425. The minimum atomic E-state index is -3.49. The van der Waals surface area contributed by atoms with E-state index < -0.39 is 10.0 Å². The van der Waals surface area contributed by atoms with Crippen molar-refractivity contribution in [3.05, 3.63) is 50.3 Å². The molecule has 0 saturated heterocycles. The molecule has 0 saturated carbocycles. The van der Waals surface area contributed by atoms with Crippen LogP contribution in [0.1, 0.15) is 18.1 Å². The second-order valence-corrected chi connectivity index (χ2v) is 9.55. The summed E-state index contributed by atoms with van der Waals surface area (Å²) in [4.78, 5) is 0.